The van der Waals surface area contributed by atoms with Gasteiger partial charge in [-0.05, 0) is 74.4 Å². The van der Waals surface area contributed by atoms with Gasteiger partial charge in [0.1, 0.15) is 18.1 Å². The number of pyridine rings is 1. The van der Waals surface area contributed by atoms with Gasteiger partial charge in [-0.3, -0.25) is 9.78 Å². The maximum Gasteiger partial charge on any atom is 0.258 e. The zero-order valence-electron chi connectivity index (χ0n) is 18.7. The normalized spacial score (nSPS) is 10.3. The smallest absolute Gasteiger partial charge is 0.258 e. The number of nitrogens with zero attached hydrogens (tertiary/aromatic N) is 3. The molecule has 32 heavy (non-hydrogen) atoms. The van der Waals surface area contributed by atoms with Gasteiger partial charge in [0, 0.05) is 35.8 Å². The Morgan fingerprint density at radius 2 is 1.81 bits per heavy atom. The topological polar surface area (TPSA) is 75.5 Å². The van der Waals surface area contributed by atoms with E-state index in [1.807, 2.05) is 69.3 Å². The maximum atomic E-state index is 13.4. The van der Waals surface area contributed by atoms with Gasteiger partial charge in [0.15, 0.2) is 0 Å². The van der Waals surface area contributed by atoms with Gasteiger partial charge in [-0.25, -0.2) is 0 Å². The molecule has 0 atom stereocenters. The van der Waals surface area contributed by atoms with E-state index in [9.17, 15) is 4.79 Å². The van der Waals surface area contributed by atoms with Crippen LogP contribution in [-0.4, -0.2) is 24.0 Å². The zero-order chi connectivity index (χ0) is 22.9. The van der Waals surface area contributed by atoms with Crippen LogP contribution in [-0.2, 0) is 6.61 Å². The second-order valence-corrected chi connectivity index (χ2v) is 7.38. The minimum atomic E-state index is -0.158. The van der Waals surface area contributed by atoms with Crippen molar-refractivity contribution >= 4 is 11.6 Å². The lowest BCUT2D eigenvalue weighted by molar-refractivity contribution is 0.0987. The van der Waals surface area contributed by atoms with E-state index in [1.54, 1.807) is 17.3 Å². The fourth-order valence-corrected chi connectivity index (χ4v) is 3.49. The molecule has 0 radical (unpaired) electrons. The predicted octanol–water partition coefficient (Wildman–Crippen LogP) is 5.24. The summed E-state index contributed by atoms with van der Waals surface area (Å²) in [5, 5.41) is 9.08. The molecule has 0 spiro atoms. The van der Waals surface area contributed by atoms with Crippen LogP contribution in [0.2, 0.25) is 0 Å². The summed E-state index contributed by atoms with van der Waals surface area (Å²) in [4.78, 5) is 19.1. The first-order chi connectivity index (χ1) is 15.5. The summed E-state index contributed by atoms with van der Waals surface area (Å²) in [6, 6.07) is 17.0. The Hall–Kier alpha value is -3.85. The molecule has 0 saturated carbocycles. The highest BCUT2D eigenvalue weighted by Gasteiger charge is 2.20. The van der Waals surface area contributed by atoms with Gasteiger partial charge in [0.05, 0.1) is 19.1 Å². The zero-order valence-corrected chi connectivity index (χ0v) is 18.7. The molecule has 6 heteroatoms. The molecule has 0 saturated heterocycles. The molecule has 0 N–H and O–H groups in total. The lowest BCUT2D eigenvalue weighted by Crippen LogP contribution is -2.32. The SMILES string of the molecule is CCOc1ccc(N(CCC#N)C(=O)c2cc(C)c(OCc3cccnc3)c(C)c2)cc1. The van der Waals surface area contributed by atoms with E-state index in [0.29, 0.717) is 25.3 Å². The quantitative estimate of drug-likeness (QED) is 0.465. The van der Waals surface area contributed by atoms with Gasteiger partial charge in [-0.1, -0.05) is 6.07 Å². The average molecular weight is 430 g/mol. The van der Waals surface area contributed by atoms with Crippen molar-refractivity contribution in [2.24, 2.45) is 0 Å². The second kappa shape index (κ2) is 11.0. The minimum Gasteiger partial charge on any atom is -0.494 e. The van der Waals surface area contributed by atoms with Crippen molar-refractivity contribution in [3.05, 3.63) is 83.2 Å². The highest BCUT2D eigenvalue weighted by Crippen LogP contribution is 2.28. The molecular weight excluding hydrogens is 402 g/mol. The number of nitriles is 1. The Bertz CT molecular complexity index is 1070. The fraction of sp³-hybridized carbons (Fsp3) is 0.269. The van der Waals surface area contributed by atoms with Crippen LogP contribution >= 0.6 is 0 Å². The number of benzene rings is 2. The molecule has 6 nitrogen and oxygen atoms in total. The molecule has 0 fully saturated rings. The van der Waals surface area contributed by atoms with Gasteiger partial charge < -0.3 is 14.4 Å². The van der Waals surface area contributed by atoms with E-state index in [4.69, 9.17) is 14.7 Å². The van der Waals surface area contributed by atoms with Crippen molar-refractivity contribution in [1.82, 2.24) is 4.98 Å². The first-order valence-corrected chi connectivity index (χ1v) is 10.6. The number of anilines is 1. The van der Waals surface area contributed by atoms with E-state index in [0.717, 1.165) is 33.9 Å². The average Bonchev–Trinajstić information content (AvgIpc) is 2.80. The van der Waals surface area contributed by atoms with E-state index in [1.165, 1.54) is 0 Å². The summed E-state index contributed by atoms with van der Waals surface area (Å²) >= 11 is 0. The number of rotatable bonds is 9. The molecule has 0 aliphatic rings. The third kappa shape index (κ3) is 5.64. The fourth-order valence-electron chi connectivity index (χ4n) is 3.49. The van der Waals surface area contributed by atoms with Crippen molar-refractivity contribution in [2.75, 3.05) is 18.1 Å². The first kappa shape index (κ1) is 22.8. The van der Waals surface area contributed by atoms with Crippen LogP contribution in [0, 0.1) is 25.2 Å². The number of aromatic nitrogens is 1. The molecule has 1 aromatic heterocycles. The second-order valence-electron chi connectivity index (χ2n) is 7.38. The molecule has 0 aliphatic carbocycles. The van der Waals surface area contributed by atoms with E-state index >= 15 is 0 Å². The summed E-state index contributed by atoms with van der Waals surface area (Å²) in [6.07, 6.45) is 3.73. The van der Waals surface area contributed by atoms with Crippen LogP contribution in [0.15, 0.2) is 60.9 Å². The van der Waals surface area contributed by atoms with Crippen molar-refractivity contribution in [3.63, 3.8) is 0 Å². The highest BCUT2D eigenvalue weighted by atomic mass is 16.5. The third-order valence-electron chi connectivity index (χ3n) is 4.97. The number of carbonyl (C=O) groups excluding carboxylic acids is 1. The molecule has 1 heterocycles. The summed E-state index contributed by atoms with van der Waals surface area (Å²) in [5.41, 5.74) is 4.01. The first-order valence-electron chi connectivity index (χ1n) is 10.6. The Kier molecular flexibility index (Phi) is 7.82. The molecule has 0 bridgehead atoms. The number of amides is 1. The Morgan fingerprint density at radius 3 is 2.41 bits per heavy atom. The minimum absolute atomic E-state index is 0.158. The monoisotopic (exact) mass is 429 g/mol. The van der Waals surface area contributed by atoms with Gasteiger partial charge in [-0.15, -0.1) is 0 Å². The van der Waals surface area contributed by atoms with E-state index in [2.05, 4.69) is 11.1 Å². The Balaban J connectivity index is 1.83. The maximum absolute atomic E-state index is 13.4. The molecule has 2 aromatic carbocycles. The Morgan fingerprint density at radius 1 is 1.09 bits per heavy atom. The van der Waals surface area contributed by atoms with Crippen LogP contribution in [0.25, 0.3) is 0 Å². The standard InChI is InChI=1S/C26H27N3O3/c1-4-31-24-10-8-23(9-11-24)29(14-6-12-27)26(30)22-15-19(2)25(20(3)16-22)32-18-21-7-5-13-28-17-21/h5,7-11,13,15-17H,4,6,14,18H2,1-3H3. The van der Waals surface area contributed by atoms with E-state index < -0.39 is 0 Å². The van der Waals surface area contributed by atoms with Gasteiger partial charge >= 0.3 is 0 Å². The van der Waals surface area contributed by atoms with E-state index in [-0.39, 0.29) is 12.3 Å². The number of carbonyl (C=O) groups is 1. The van der Waals surface area contributed by atoms with Crippen LogP contribution in [0.3, 0.4) is 0 Å². The van der Waals surface area contributed by atoms with Crippen LogP contribution in [0.5, 0.6) is 11.5 Å². The number of aryl methyl sites for hydroxylation is 2. The summed E-state index contributed by atoms with van der Waals surface area (Å²) in [5.74, 6) is 1.34. The molecule has 0 aliphatic heterocycles. The molecule has 0 unspecified atom stereocenters. The van der Waals surface area contributed by atoms with Gasteiger partial charge in [-0.2, -0.15) is 5.26 Å². The van der Waals surface area contributed by atoms with Crippen molar-refractivity contribution in [1.29, 1.82) is 5.26 Å². The van der Waals surface area contributed by atoms with Crippen LogP contribution in [0.4, 0.5) is 5.69 Å². The lowest BCUT2D eigenvalue weighted by Gasteiger charge is -2.23. The van der Waals surface area contributed by atoms with Crippen LogP contribution < -0.4 is 14.4 Å². The summed E-state index contributed by atoms with van der Waals surface area (Å²) in [7, 11) is 0. The number of hydrogen-bond acceptors (Lipinski definition) is 5. The summed E-state index contributed by atoms with van der Waals surface area (Å²) in [6.45, 7) is 7.07. The third-order valence-corrected chi connectivity index (χ3v) is 4.97. The molecule has 3 aromatic rings. The molecule has 1 amide bonds. The van der Waals surface area contributed by atoms with Gasteiger partial charge in [0.2, 0.25) is 0 Å². The highest BCUT2D eigenvalue weighted by molar-refractivity contribution is 6.06. The number of hydrogen-bond donors (Lipinski definition) is 0. The Labute approximate surface area is 189 Å². The van der Waals surface area contributed by atoms with Crippen molar-refractivity contribution in [2.45, 2.75) is 33.8 Å². The molecule has 3 rings (SSSR count). The molecule has 164 valence electrons. The van der Waals surface area contributed by atoms with Crippen molar-refractivity contribution in [3.8, 4) is 17.6 Å². The largest absolute Gasteiger partial charge is 0.494 e. The lowest BCUT2D eigenvalue weighted by atomic mass is 10.0. The van der Waals surface area contributed by atoms with Gasteiger partial charge in [0.25, 0.3) is 5.91 Å². The predicted molar refractivity (Wildman–Crippen MR) is 124 cm³/mol. The molecular formula is C26H27N3O3. The van der Waals surface area contributed by atoms with Crippen molar-refractivity contribution < 1.29 is 14.3 Å². The van der Waals surface area contributed by atoms with Crippen LogP contribution in [0.1, 0.15) is 40.4 Å². The summed E-state index contributed by atoms with van der Waals surface area (Å²) < 4.78 is 11.5. The number of ether oxygens (including phenoxy) is 2.